The van der Waals surface area contributed by atoms with Crippen molar-refractivity contribution in [2.24, 2.45) is 0 Å². The number of alkyl carbamates (subject to hydrolysis) is 1. The van der Waals surface area contributed by atoms with E-state index in [9.17, 15) is 23.1 Å². The number of rotatable bonds is 9. The van der Waals surface area contributed by atoms with E-state index >= 15 is 0 Å². The predicted octanol–water partition coefficient (Wildman–Crippen LogP) is 4.55. The summed E-state index contributed by atoms with van der Waals surface area (Å²) in [5, 5.41) is 11.9. The largest absolute Gasteiger partial charge is 0.478 e. The molecule has 3 rings (SSSR count). The Bertz CT molecular complexity index is 1460. The molecule has 11 nitrogen and oxygen atoms in total. The summed E-state index contributed by atoms with van der Waals surface area (Å²) in [5.41, 5.74) is 2.16. The second-order valence-electron chi connectivity index (χ2n) is 9.93. The number of aromatic carboxylic acids is 1. The molecule has 3 aromatic rings. The van der Waals surface area contributed by atoms with Gasteiger partial charge in [0, 0.05) is 11.6 Å². The first-order chi connectivity index (χ1) is 18.1. The van der Waals surface area contributed by atoms with Gasteiger partial charge in [0.05, 0.1) is 22.7 Å². The minimum Gasteiger partial charge on any atom is -0.478 e. The number of aromatic nitrogens is 2. The van der Waals surface area contributed by atoms with Crippen LogP contribution >= 0.6 is 0 Å². The van der Waals surface area contributed by atoms with E-state index in [1.165, 1.54) is 18.2 Å². The molecule has 0 aliphatic heterocycles. The molecule has 0 radical (unpaired) electrons. The van der Waals surface area contributed by atoms with E-state index in [0.717, 1.165) is 22.8 Å². The van der Waals surface area contributed by atoms with Gasteiger partial charge in [-0.3, -0.25) is 0 Å². The van der Waals surface area contributed by atoms with Crippen molar-refractivity contribution in [2.45, 2.75) is 58.1 Å². The molecule has 0 fully saturated rings. The first-order valence-electron chi connectivity index (χ1n) is 12.1. The van der Waals surface area contributed by atoms with Crippen LogP contribution in [-0.2, 0) is 14.8 Å². The molecule has 39 heavy (non-hydrogen) atoms. The van der Waals surface area contributed by atoms with E-state index in [1.54, 1.807) is 33.8 Å². The number of carboxylic acid groups (broad SMARTS) is 1. The quantitative estimate of drug-likeness (QED) is 0.344. The van der Waals surface area contributed by atoms with Crippen LogP contribution in [0.4, 0.5) is 10.7 Å². The standard InChI is InChI=1S/C27H32N4O7S/c1-16-9-7-10-17(2)23(16)21-14-22(37-18(3)15-28-26(34)38-27(4,5)6)30-25(29-21)31-39(35,36)20-12-8-11-19(13-20)24(32)33/h7-14,18H,15H2,1-6H3,(H,28,34)(H,32,33)(H,29,30,31)/t18-/m1/s1. The molecule has 0 saturated carbocycles. The zero-order chi connectivity index (χ0) is 29.0. The molecular formula is C27H32N4O7S. The number of carboxylic acids is 1. The van der Waals surface area contributed by atoms with Crippen molar-refractivity contribution in [2.75, 3.05) is 11.3 Å². The number of carbonyl (C=O) groups is 2. The number of anilines is 1. The third-order valence-electron chi connectivity index (χ3n) is 5.31. The highest BCUT2D eigenvalue weighted by molar-refractivity contribution is 7.92. The average Bonchev–Trinajstić information content (AvgIpc) is 2.81. The molecule has 0 unspecified atom stereocenters. The molecule has 1 aromatic heterocycles. The first-order valence-corrected chi connectivity index (χ1v) is 13.6. The minimum absolute atomic E-state index is 0.0677. The van der Waals surface area contributed by atoms with E-state index in [2.05, 4.69) is 20.0 Å². The second kappa shape index (κ2) is 11.7. The SMILES string of the molecule is Cc1cccc(C)c1-c1cc(O[C@H](C)CNC(=O)OC(C)(C)C)nc(NS(=O)(=O)c2cccc(C(=O)O)c2)n1. The number of ether oxygens (including phenoxy) is 2. The Kier molecular flexibility index (Phi) is 8.80. The molecule has 1 atom stereocenters. The van der Waals surface area contributed by atoms with Gasteiger partial charge in [-0.25, -0.2) is 27.7 Å². The van der Waals surface area contributed by atoms with E-state index in [-0.39, 0.29) is 28.8 Å². The second-order valence-corrected chi connectivity index (χ2v) is 11.6. The highest BCUT2D eigenvalue weighted by Crippen LogP contribution is 2.29. The maximum Gasteiger partial charge on any atom is 0.407 e. The van der Waals surface area contributed by atoms with Gasteiger partial charge in [0.25, 0.3) is 10.0 Å². The molecule has 0 bridgehead atoms. The van der Waals surface area contributed by atoms with Gasteiger partial charge >= 0.3 is 12.1 Å². The monoisotopic (exact) mass is 556 g/mol. The summed E-state index contributed by atoms with van der Waals surface area (Å²) in [6.07, 6.45) is -1.16. The van der Waals surface area contributed by atoms with E-state index in [1.807, 2.05) is 32.0 Å². The topological polar surface area (TPSA) is 157 Å². The maximum atomic E-state index is 13.1. The van der Waals surface area contributed by atoms with Crippen molar-refractivity contribution in [1.82, 2.24) is 15.3 Å². The molecule has 12 heteroatoms. The van der Waals surface area contributed by atoms with Crippen LogP contribution in [0.5, 0.6) is 5.88 Å². The van der Waals surface area contributed by atoms with Crippen LogP contribution in [0.3, 0.4) is 0 Å². The Hall–Kier alpha value is -4.19. The van der Waals surface area contributed by atoms with Crippen LogP contribution in [0.1, 0.15) is 49.2 Å². The third kappa shape index (κ3) is 8.14. The van der Waals surface area contributed by atoms with Gasteiger partial charge < -0.3 is 19.9 Å². The zero-order valence-corrected chi connectivity index (χ0v) is 23.4. The van der Waals surface area contributed by atoms with Crippen LogP contribution in [0.15, 0.2) is 53.4 Å². The highest BCUT2D eigenvalue weighted by atomic mass is 32.2. The Morgan fingerprint density at radius 2 is 1.67 bits per heavy atom. The maximum absolute atomic E-state index is 13.1. The van der Waals surface area contributed by atoms with Crippen LogP contribution in [0, 0.1) is 13.8 Å². The molecule has 1 heterocycles. The van der Waals surface area contributed by atoms with Gasteiger partial charge in [0.2, 0.25) is 11.8 Å². The number of sulfonamides is 1. The Morgan fingerprint density at radius 1 is 1.03 bits per heavy atom. The lowest BCUT2D eigenvalue weighted by atomic mass is 10.00. The molecule has 0 aliphatic carbocycles. The van der Waals surface area contributed by atoms with Crippen molar-refractivity contribution >= 4 is 28.0 Å². The van der Waals surface area contributed by atoms with E-state index in [4.69, 9.17) is 9.47 Å². The number of carbonyl (C=O) groups excluding carboxylic acids is 1. The number of hydrogen-bond acceptors (Lipinski definition) is 8. The predicted molar refractivity (Wildman–Crippen MR) is 145 cm³/mol. The molecule has 2 aromatic carbocycles. The number of amides is 1. The van der Waals surface area contributed by atoms with Crippen LogP contribution in [0.2, 0.25) is 0 Å². The molecule has 3 N–H and O–H groups in total. The number of nitrogens with one attached hydrogen (secondary N) is 2. The number of aryl methyl sites for hydroxylation is 2. The lowest BCUT2D eigenvalue weighted by Crippen LogP contribution is -2.37. The van der Waals surface area contributed by atoms with Crippen molar-refractivity contribution < 1.29 is 32.6 Å². The van der Waals surface area contributed by atoms with Gasteiger partial charge in [-0.1, -0.05) is 24.3 Å². The molecular weight excluding hydrogens is 524 g/mol. The number of nitrogens with zero attached hydrogens (tertiary/aromatic N) is 2. The molecule has 208 valence electrons. The highest BCUT2D eigenvalue weighted by Gasteiger charge is 2.21. The van der Waals surface area contributed by atoms with E-state index < -0.39 is 33.8 Å². The summed E-state index contributed by atoms with van der Waals surface area (Å²) >= 11 is 0. The van der Waals surface area contributed by atoms with Crippen molar-refractivity contribution in [3.63, 3.8) is 0 Å². The number of benzene rings is 2. The summed E-state index contributed by atoms with van der Waals surface area (Å²) in [4.78, 5) is 31.7. The summed E-state index contributed by atoms with van der Waals surface area (Å²) in [6.45, 7) is 10.9. The minimum atomic E-state index is -4.24. The van der Waals surface area contributed by atoms with Crippen LogP contribution < -0.4 is 14.8 Å². The van der Waals surface area contributed by atoms with Crippen molar-refractivity contribution in [3.8, 4) is 17.1 Å². The fraction of sp³-hybridized carbons (Fsp3) is 0.333. The summed E-state index contributed by atoms with van der Waals surface area (Å²) in [5.74, 6) is -1.46. The Labute approximate surface area is 227 Å². The molecule has 0 aliphatic rings. The Morgan fingerprint density at radius 3 is 2.28 bits per heavy atom. The van der Waals surface area contributed by atoms with Crippen LogP contribution in [0.25, 0.3) is 11.3 Å². The molecule has 0 spiro atoms. The van der Waals surface area contributed by atoms with Gasteiger partial charge in [-0.15, -0.1) is 0 Å². The fourth-order valence-corrected chi connectivity index (χ4v) is 4.63. The van der Waals surface area contributed by atoms with Crippen molar-refractivity contribution in [3.05, 3.63) is 65.2 Å². The summed E-state index contributed by atoms with van der Waals surface area (Å²) in [7, 11) is -4.24. The van der Waals surface area contributed by atoms with Gasteiger partial charge in [-0.05, 0) is 70.9 Å². The van der Waals surface area contributed by atoms with Gasteiger partial charge in [0.1, 0.15) is 11.7 Å². The normalized spacial score (nSPS) is 12.4. The number of hydrogen-bond donors (Lipinski definition) is 3. The fourth-order valence-electron chi connectivity index (χ4n) is 3.64. The summed E-state index contributed by atoms with van der Waals surface area (Å²) in [6, 6.07) is 12.2. The smallest absolute Gasteiger partial charge is 0.407 e. The van der Waals surface area contributed by atoms with Crippen molar-refractivity contribution in [1.29, 1.82) is 0 Å². The van der Waals surface area contributed by atoms with E-state index in [0.29, 0.717) is 5.69 Å². The molecule has 1 amide bonds. The lowest BCUT2D eigenvalue weighted by molar-refractivity contribution is 0.0503. The van der Waals surface area contributed by atoms with Crippen LogP contribution in [-0.4, -0.2) is 53.8 Å². The zero-order valence-electron chi connectivity index (χ0n) is 22.6. The summed E-state index contributed by atoms with van der Waals surface area (Å²) < 4.78 is 39.7. The Balaban J connectivity index is 1.94. The average molecular weight is 557 g/mol. The molecule has 0 saturated heterocycles. The lowest BCUT2D eigenvalue weighted by Gasteiger charge is -2.21. The van der Waals surface area contributed by atoms with Gasteiger partial charge in [0.15, 0.2) is 0 Å². The third-order valence-corrected chi connectivity index (χ3v) is 6.64. The van der Waals surface area contributed by atoms with Gasteiger partial charge in [-0.2, -0.15) is 4.98 Å². The first kappa shape index (κ1) is 29.4.